The Labute approximate surface area is 110 Å². The smallest absolute Gasteiger partial charge is 0.0652 e. The highest BCUT2D eigenvalue weighted by molar-refractivity contribution is 6.36. The van der Waals surface area contributed by atoms with Gasteiger partial charge in [-0.15, -0.1) is 0 Å². The maximum absolute atomic E-state index is 6.04. The lowest BCUT2D eigenvalue weighted by molar-refractivity contribution is 0.936. The largest absolute Gasteiger partial charge is 0.380 e. The number of hydrogen-bond acceptors (Lipinski definition) is 2. The lowest BCUT2D eigenvalue weighted by Crippen LogP contribution is -1.98. The maximum Gasteiger partial charge on any atom is 0.0652 e. The Morgan fingerprint density at radius 2 is 2.24 bits per heavy atom. The molecule has 0 bridgehead atoms. The molecule has 88 valence electrons. The first-order chi connectivity index (χ1) is 8.19. The second kappa shape index (κ2) is 5.25. The van der Waals surface area contributed by atoms with Gasteiger partial charge in [-0.1, -0.05) is 29.8 Å². The highest BCUT2D eigenvalue weighted by Crippen LogP contribution is 2.25. The third-order valence-electron chi connectivity index (χ3n) is 2.26. The summed E-state index contributed by atoms with van der Waals surface area (Å²) in [6.45, 7) is 4.28. The van der Waals surface area contributed by atoms with Crippen molar-refractivity contribution in [3.05, 3.63) is 52.8 Å². The van der Waals surface area contributed by atoms with Gasteiger partial charge in [-0.2, -0.15) is 5.10 Å². The summed E-state index contributed by atoms with van der Waals surface area (Å²) in [4.78, 5) is 0. The van der Waals surface area contributed by atoms with Crippen LogP contribution in [0.5, 0.6) is 0 Å². The molecule has 5 heteroatoms. The van der Waals surface area contributed by atoms with Gasteiger partial charge in [0.15, 0.2) is 0 Å². The number of anilines is 1. The average molecular weight is 268 g/mol. The molecule has 0 aliphatic heterocycles. The van der Waals surface area contributed by atoms with Gasteiger partial charge >= 0.3 is 0 Å². The molecule has 0 amide bonds. The molecule has 0 aliphatic rings. The summed E-state index contributed by atoms with van der Waals surface area (Å²) in [5.41, 5.74) is 1.90. The lowest BCUT2D eigenvalue weighted by Gasteiger charge is -2.06. The summed E-state index contributed by atoms with van der Waals surface area (Å²) in [7, 11) is 0. The van der Waals surface area contributed by atoms with Gasteiger partial charge in [0.25, 0.3) is 0 Å². The van der Waals surface area contributed by atoms with E-state index in [-0.39, 0.29) is 0 Å². The summed E-state index contributed by atoms with van der Waals surface area (Å²) in [5.74, 6) is 0. The summed E-state index contributed by atoms with van der Waals surface area (Å²) >= 11 is 11.9. The standard InChI is InChI=1S/C12H11Cl2N3/c1-2-17-8-9(7-16-17)6-15-12-4-3-10(13)5-11(12)14/h2-5,7-8,15H,1,6H2. The Kier molecular flexibility index (Phi) is 3.71. The Morgan fingerprint density at radius 3 is 2.88 bits per heavy atom. The van der Waals surface area contributed by atoms with E-state index in [9.17, 15) is 0 Å². The first kappa shape index (κ1) is 12.0. The molecule has 1 heterocycles. The number of nitrogens with one attached hydrogen (secondary N) is 1. The molecule has 17 heavy (non-hydrogen) atoms. The van der Waals surface area contributed by atoms with Gasteiger partial charge in [-0.3, -0.25) is 0 Å². The van der Waals surface area contributed by atoms with E-state index < -0.39 is 0 Å². The molecule has 2 rings (SSSR count). The fourth-order valence-corrected chi connectivity index (χ4v) is 1.87. The SMILES string of the molecule is C=Cn1cc(CNc2ccc(Cl)cc2Cl)cn1. The molecule has 0 radical (unpaired) electrons. The third-order valence-corrected chi connectivity index (χ3v) is 2.80. The van der Waals surface area contributed by atoms with Gasteiger partial charge in [0.2, 0.25) is 0 Å². The molecule has 0 saturated heterocycles. The molecule has 2 aromatic rings. The number of halogens is 2. The van der Waals surface area contributed by atoms with Crippen LogP contribution in [-0.2, 0) is 6.54 Å². The van der Waals surface area contributed by atoms with E-state index in [1.807, 2.05) is 12.3 Å². The van der Waals surface area contributed by atoms with Crippen LogP contribution in [0, 0.1) is 0 Å². The lowest BCUT2D eigenvalue weighted by atomic mass is 10.3. The van der Waals surface area contributed by atoms with Crippen molar-refractivity contribution in [2.24, 2.45) is 0 Å². The van der Waals surface area contributed by atoms with Crippen LogP contribution in [-0.4, -0.2) is 9.78 Å². The van der Waals surface area contributed by atoms with Crippen LogP contribution in [0.4, 0.5) is 5.69 Å². The first-order valence-corrected chi connectivity index (χ1v) is 5.79. The van der Waals surface area contributed by atoms with E-state index in [0.717, 1.165) is 11.3 Å². The Hall–Kier alpha value is -1.45. The molecule has 1 N–H and O–H groups in total. The van der Waals surface area contributed by atoms with Crippen LogP contribution in [0.1, 0.15) is 5.56 Å². The molecule has 1 aromatic heterocycles. The zero-order valence-electron chi connectivity index (χ0n) is 9.03. The van der Waals surface area contributed by atoms with Crippen LogP contribution in [0.2, 0.25) is 10.0 Å². The molecule has 0 fully saturated rings. The van der Waals surface area contributed by atoms with Crippen LogP contribution in [0.25, 0.3) is 6.20 Å². The summed E-state index contributed by atoms with van der Waals surface area (Å²) in [5, 5.41) is 8.53. The fourth-order valence-electron chi connectivity index (χ4n) is 1.40. The molecular weight excluding hydrogens is 257 g/mol. The minimum absolute atomic E-state index is 0.605. The minimum Gasteiger partial charge on any atom is -0.380 e. The summed E-state index contributed by atoms with van der Waals surface area (Å²) < 4.78 is 1.65. The number of nitrogens with zero attached hydrogens (tertiary/aromatic N) is 2. The topological polar surface area (TPSA) is 29.9 Å². The van der Waals surface area contributed by atoms with Crippen molar-refractivity contribution >= 4 is 35.1 Å². The van der Waals surface area contributed by atoms with Crippen LogP contribution >= 0.6 is 23.2 Å². The summed E-state index contributed by atoms with van der Waals surface area (Å²) in [6.07, 6.45) is 5.31. The molecule has 0 spiro atoms. The summed E-state index contributed by atoms with van der Waals surface area (Å²) in [6, 6.07) is 5.35. The maximum atomic E-state index is 6.04. The van der Waals surface area contributed by atoms with Gasteiger partial charge in [0, 0.05) is 29.5 Å². The van der Waals surface area contributed by atoms with Gasteiger partial charge < -0.3 is 5.32 Å². The van der Waals surface area contributed by atoms with Gasteiger partial charge in [0.05, 0.1) is 16.9 Å². The number of rotatable bonds is 4. The van der Waals surface area contributed by atoms with Crippen molar-refractivity contribution in [3.8, 4) is 0 Å². The minimum atomic E-state index is 0.605. The molecule has 0 atom stereocenters. The molecular formula is C12H11Cl2N3. The first-order valence-electron chi connectivity index (χ1n) is 5.03. The predicted molar refractivity (Wildman–Crippen MR) is 72.4 cm³/mol. The molecule has 0 aliphatic carbocycles. The van der Waals surface area contributed by atoms with Crippen molar-refractivity contribution in [1.29, 1.82) is 0 Å². The van der Waals surface area contributed by atoms with E-state index in [0.29, 0.717) is 16.6 Å². The Morgan fingerprint density at radius 1 is 1.41 bits per heavy atom. The predicted octanol–water partition coefficient (Wildman–Crippen LogP) is 3.90. The van der Waals surface area contributed by atoms with Crippen LogP contribution in [0.15, 0.2) is 37.2 Å². The second-order valence-electron chi connectivity index (χ2n) is 3.49. The third kappa shape index (κ3) is 3.02. The van der Waals surface area contributed by atoms with Crippen LogP contribution in [0.3, 0.4) is 0 Å². The quantitative estimate of drug-likeness (QED) is 0.911. The molecule has 0 saturated carbocycles. The Balaban J connectivity index is 2.04. The molecule has 3 nitrogen and oxygen atoms in total. The van der Waals surface area contributed by atoms with Crippen molar-refractivity contribution in [1.82, 2.24) is 9.78 Å². The Bertz CT molecular complexity index is 534. The van der Waals surface area contributed by atoms with Gasteiger partial charge in [0.1, 0.15) is 0 Å². The monoisotopic (exact) mass is 267 g/mol. The second-order valence-corrected chi connectivity index (χ2v) is 4.33. The van der Waals surface area contributed by atoms with Crippen molar-refractivity contribution in [3.63, 3.8) is 0 Å². The van der Waals surface area contributed by atoms with Crippen molar-refractivity contribution < 1.29 is 0 Å². The van der Waals surface area contributed by atoms with Gasteiger partial charge in [-0.05, 0) is 18.2 Å². The molecule has 1 aromatic carbocycles. The number of hydrogen-bond donors (Lipinski definition) is 1. The van der Waals surface area contributed by atoms with Crippen LogP contribution < -0.4 is 5.32 Å². The average Bonchev–Trinajstić information content (AvgIpc) is 2.76. The zero-order chi connectivity index (χ0) is 12.3. The zero-order valence-corrected chi connectivity index (χ0v) is 10.5. The van der Waals surface area contributed by atoms with Crippen molar-refractivity contribution in [2.45, 2.75) is 6.54 Å². The highest BCUT2D eigenvalue weighted by atomic mass is 35.5. The van der Waals surface area contributed by atoms with E-state index in [2.05, 4.69) is 17.0 Å². The fraction of sp³-hybridized carbons (Fsp3) is 0.0833. The number of aromatic nitrogens is 2. The van der Waals surface area contributed by atoms with E-state index in [4.69, 9.17) is 23.2 Å². The normalized spacial score (nSPS) is 10.2. The van der Waals surface area contributed by atoms with E-state index >= 15 is 0 Å². The number of benzene rings is 1. The molecule has 0 unspecified atom stereocenters. The van der Waals surface area contributed by atoms with E-state index in [1.165, 1.54) is 0 Å². The van der Waals surface area contributed by atoms with Gasteiger partial charge in [-0.25, -0.2) is 4.68 Å². The highest BCUT2D eigenvalue weighted by Gasteiger charge is 2.01. The van der Waals surface area contributed by atoms with E-state index in [1.54, 1.807) is 29.2 Å². The van der Waals surface area contributed by atoms with Crippen molar-refractivity contribution in [2.75, 3.05) is 5.32 Å².